The van der Waals surface area contributed by atoms with E-state index in [0.717, 1.165) is 5.56 Å². The highest BCUT2D eigenvalue weighted by Gasteiger charge is 2.31. The molecule has 0 radical (unpaired) electrons. The second kappa shape index (κ2) is 8.64. The summed E-state index contributed by atoms with van der Waals surface area (Å²) >= 11 is 0. The van der Waals surface area contributed by atoms with E-state index in [0.29, 0.717) is 48.1 Å². The summed E-state index contributed by atoms with van der Waals surface area (Å²) in [4.78, 5) is 17.1. The number of nitrogens with one attached hydrogen (secondary N) is 1. The molecule has 1 aromatic heterocycles. The van der Waals surface area contributed by atoms with Crippen molar-refractivity contribution in [1.29, 1.82) is 0 Å². The van der Waals surface area contributed by atoms with Gasteiger partial charge in [0.1, 0.15) is 11.3 Å². The van der Waals surface area contributed by atoms with Gasteiger partial charge in [-0.2, -0.15) is 4.31 Å². The molecular formula is C23H25N3O4S. The Morgan fingerprint density at radius 2 is 1.84 bits per heavy atom. The molecule has 1 fully saturated rings. The fraction of sp³-hybridized carbons (Fsp3) is 0.304. The average molecular weight is 440 g/mol. The third-order valence-corrected chi connectivity index (χ3v) is 7.67. The van der Waals surface area contributed by atoms with Crippen LogP contribution in [0.3, 0.4) is 0 Å². The van der Waals surface area contributed by atoms with E-state index in [1.165, 1.54) is 11.4 Å². The highest BCUT2D eigenvalue weighted by Crippen LogP contribution is 2.32. The lowest BCUT2D eigenvalue weighted by molar-refractivity contribution is 0.0923. The summed E-state index contributed by atoms with van der Waals surface area (Å²) in [7, 11) is -2.16. The van der Waals surface area contributed by atoms with Gasteiger partial charge >= 0.3 is 0 Å². The van der Waals surface area contributed by atoms with Crippen molar-refractivity contribution in [3.8, 4) is 5.75 Å². The van der Waals surface area contributed by atoms with E-state index < -0.39 is 10.0 Å². The molecule has 1 N–H and O–H groups in total. The second-order valence-corrected chi connectivity index (χ2v) is 9.54. The lowest BCUT2D eigenvalue weighted by atomic mass is 10.0. The molecule has 1 aliphatic heterocycles. The maximum absolute atomic E-state index is 13.4. The predicted molar refractivity (Wildman–Crippen MR) is 119 cm³/mol. The molecule has 3 aromatic rings. The number of benzene rings is 2. The molecule has 0 atom stereocenters. The number of nitrogens with zero attached hydrogens (tertiary/aromatic N) is 2. The number of carbonyl (C=O) groups is 1. The van der Waals surface area contributed by atoms with Crippen LogP contribution in [0.4, 0.5) is 0 Å². The summed E-state index contributed by atoms with van der Waals surface area (Å²) in [6.45, 7) is 2.59. The zero-order chi connectivity index (χ0) is 22.0. The monoisotopic (exact) mass is 439 g/mol. The standard InChI is InChI=1S/C23H25N3O4S/c1-16-6-3-4-7-18(16)23(27)25-17-11-14-26(15-12-17)31(28,29)21-10-9-20(30-2)22-19(21)8-5-13-24-22/h3-10,13,17H,11-12,14-15H2,1-2H3,(H,25,27). The number of aromatic nitrogens is 1. The molecule has 31 heavy (non-hydrogen) atoms. The Morgan fingerprint density at radius 1 is 1.10 bits per heavy atom. The third-order valence-electron chi connectivity index (χ3n) is 5.71. The van der Waals surface area contributed by atoms with Gasteiger partial charge in [-0.05, 0) is 55.7 Å². The molecule has 0 aliphatic carbocycles. The van der Waals surface area contributed by atoms with Crippen LogP contribution in [-0.2, 0) is 10.0 Å². The number of amides is 1. The fourth-order valence-electron chi connectivity index (χ4n) is 3.98. The van der Waals surface area contributed by atoms with Crippen LogP contribution in [0.5, 0.6) is 5.75 Å². The largest absolute Gasteiger partial charge is 0.494 e. The normalized spacial score (nSPS) is 15.7. The molecule has 0 bridgehead atoms. The molecule has 162 valence electrons. The van der Waals surface area contributed by atoms with Gasteiger partial charge in [0.05, 0.1) is 12.0 Å². The first-order valence-corrected chi connectivity index (χ1v) is 11.6. The van der Waals surface area contributed by atoms with E-state index in [2.05, 4.69) is 10.3 Å². The summed E-state index contributed by atoms with van der Waals surface area (Å²) in [5.41, 5.74) is 2.08. The summed E-state index contributed by atoms with van der Waals surface area (Å²) in [6, 6.07) is 14.0. The summed E-state index contributed by atoms with van der Waals surface area (Å²) in [5.74, 6) is 0.416. The Hall–Kier alpha value is -2.97. The molecule has 0 spiro atoms. The van der Waals surface area contributed by atoms with Gasteiger partial charge in [-0.3, -0.25) is 9.78 Å². The number of ether oxygens (including phenoxy) is 1. The Kier molecular flexibility index (Phi) is 5.93. The lowest BCUT2D eigenvalue weighted by Gasteiger charge is -2.32. The van der Waals surface area contributed by atoms with Gasteiger partial charge < -0.3 is 10.1 Å². The molecule has 2 heterocycles. The van der Waals surface area contributed by atoms with Crippen molar-refractivity contribution < 1.29 is 17.9 Å². The van der Waals surface area contributed by atoms with Gasteiger partial charge in [0.25, 0.3) is 5.91 Å². The van der Waals surface area contributed by atoms with E-state index in [4.69, 9.17) is 4.74 Å². The molecule has 2 aromatic carbocycles. The number of aryl methyl sites for hydroxylation is 1. The highest BCUT2D eigenvalue weighted by atomic mass is 32.2. The number of hydrogen-bond donors (Lipinski definition) is 1. The van der Waals surface area contributed by atoms with E-state index in [1.54, 1.807) is 36.5 Å². The minimum atomic E-state index is -3.70. The van der Waals surface area contributed by atoms with Gasteiger partial charge in [0.2, 0.25) is 10.0 Å². The molecular weight excluding hydrogens is 414 g/mol. The van der Waals surface area contributed by atoms with Crippen LogP contribution < -0.4 is 10.1 Å². The van der Waals surface area contributed by atoms with Crippen LogP contribution in [0, 0.1) is 6.92 Å². The van der Waals surface area contributed by atoms with Gasteiger partial charge in [-0.1, -0.05) is 18.2 Å². The van der Waals surface area contributed by atoms with Crippen molar-refractivity contribution in [2.45, 2.75) is 30.7 Å². The van der Waals surface area contributed by atoms with Crippen LogP contribution in [0.25, 0.3) is 10.9 Å². The molecule has 1 amide bonds. The van der Waals surface area contributed by atoms with Crippen molar-refractivity contribution >= 4 is 26.8 Å². The summed E-state index contributed by atoms with van der Waals surface area (Å²) in [6.07, 6.45) is 2.73. The number of fused-ring (bicyclic) bond motifs is 1. The van der Waals surface area contributed by atoms with Crippen molar-refractivity contribution in [1.82, 2.24) is 14.6 Å². The first kappa shape index (κ1) is 21.3. The van der Waals surface area contributed by atoms with Gasteiger partial charge in [-0.25, -0.2) is 8.42 Å². The first-order valence-electron chi connectivity index (χ1n) is 10.2. The van der Waals surface area contributed by atoms with Crippen molar-refractivity contribution in [2.24, 2.45) is 0 Å². The number of pyridine rings is 1. The minimum absolute atomic E-state index is 0.0622. The number of sulfonamides is 1. The molecule has 0 saturated carbocycles. The topological polar surface area (TPSA) is 88.6 Å². The maximum Gasteiger partial charge on any atom is 0.251 e. The lowest BCUT2D eigenvalue weighted by Crippen LogP contribution is -2.46. The molecule has 1 saturated heterocycles. The fourth-order valence-corrected chi connectivity index (χ4v) is 5.63. The summed E-state index contributed by atoms with van der Waals surface area (Å²) < 4.78 is 33.5. The smallest absolute Gasteiger partial charge is 0.251 e. The van der Waals surface area contributed by atoms with E-state index in [1.807, 2.05) is 25.1 Å². The zero-order valence-electron chi connectivity index (χ0n) is 17.5. The number of carbonyl (C=O) groups excluding carboxylic acids is 1. The number of piperidine rings is 1. The van der Waals surface area contributed by atoms with Crippen LogP contribution in [0.15, 0.2) is 59.6 Å². The number of rotatable bonds is 5. The molecule has 0 unspecified atom stereocenters. The quantitative estimate of drug-likeness (QED) is 0.660. The zero-order valence-corrected chi connectivity index (χ0v) is 18.4. The van der Waals surface area contributed by atoms with Gasteiger partial charge in [0, 0.05) is 36.3 Å². The minimum Gasteiger partial charge on any atom is -0.494 e. The summed E-state index contributed by atoms with van der Waals surface area (Å²) in [5, 5.41) is 3.58. The van der Waals surface area contributed by atoms with Crippen molar-refractivity contribution in [3.63, 3.8) is 0 Å². The third kappa shape index (κ3) is 4.13. The van der Waals surface area contributed by atoms with Crippen LogP contribution in [-0.4, -0.2) is 49.9 Å². The SMILES string of the molecule is COc1ccc(S(=O)(=O)N2CCC(NC(=O)c3ccccc3C)CC2)c2cccnc12. The van der Waals surface area contributed by atoms with E-state index >= 15 is 0 Å². The Bertz CT molecular complexity index is 1220. The Labute approximate surface area is 182 Å². The predicted octanol–water partition coefficient (Wildman–Crippen LogP) is 3.13. The van der Waals surface area contributed by atoms with E-state index in [9.17, 15) is 13.2 Å². The second-order valence-electron chi connectivity index (χ2n) is 7.63. The van der Waals surface area contributed by atoms with Crippen molar-refractivity contribution in [2.75, 3.05) is 20.2 Å². The van der Waals surface area contributed by atoms with Gasteiger partial charge in [0.15, 0.2) is 0 Å². The maximum atomic E-state index is 13.4. The number of hydrogen-bond acceptors (Lipinski definition) is 5. The Balaban J connectivity index is 1.49. The van der Waals surface area contributed by atoms with Gasteiger partial charge in [-0.15, -0.1) is 0 Å². The Morgan fingerprint density at radius 3 is 2.55 bits per heavy atom. The first-order chi connectivity index (χ1) is 14.9. The molecule has 4 rings (SSSR count). The average Bonchev–Trinajstić information content (AvgIpc) is 2.79. The van der Waals surface area contributed by atoms with Crippen LogP contribution in [0.1, 0.15) is 28.8 Å². The van der Waals surface area contributed by atoms with Crippen LogP contribution in [0.2, 0.25) is 0 Å². The van der Waals surface area contributed by atoms with Crippen LogP contribution >= 0.6 is 0 Å². The highest BCUT2D eigenvalue weighted by molar-refractivity contribution is 7.89. The number of methoxy groups -OCH3 is 1. The molecule has 1 aliphatic rings. The van der Waals surface area contributed by atoms with E-state index in [-0.39, 0.29) is 16.8 Å². The molecule has 8 heteroatoms. The molecule has 7 nitrogen and oxygen atoms in total. The van der Waals surface area contributed by atoms with Crippen molar-refractivity contribution in [3.05, 3.63) is 65.9 Å².